The average Bonchev–Trinajstić information content (AvgIpc) is 2.79. The Kier molecular flexibility index (Phi) is 3.04. The van der Waals surface area contributed by atoms with Crippen molar-refractivity contribution < 1.29 is 17.9 Å². The molecule has 0 spiro atoms. The zero-order valence-corrected chi connectivity index (χ0v) is 9.26. The summed E-state index contributed by atoms with van der Waals surface area (Å²) in [5.74, 6) is 0. The van der Waals surface area contributed by atoms with Gasteiger partial charge in [0.25, 0.3) is 0 Å². The molecule has 5 nitrogen and oxygen atoms in total. The fraction of sp³-hybridized carbons (Fsp3) is 0.300. The lowest BCUT2D eigenvalue weighted by Crippen LogP contribution is -2.37. The van der Waals surface area contributed by atoms with Gasteiger partial charge in [-0.2, -0.15) is 4.31 Å². The molecular weight excluding hydrogens is 230 g/mol. The van der Waals surface area contributed by atoms with Crippen LogP contribution in [0, 0.1) is 0 Å². The molecule has 0 aromatic heterocycles. The monoisotopic (exact) mass is 241 g/mol. The third-order valence-electron chi connectivity index (χ3n) is 2.35. The van der Waals surface area contributed by atoms with Crippen LogP contribution in [-0.4, -0.2) is 38.4 Å². The fourth-order valence-corrected chi connectivity index (χ4v) is 3.04. The molecule has 16 heavy (non-hydrogen) atoms. The van der Waals surface area contributed by atoms with Crippen molar-refractivity contribution in [3.63, 3.8) is 0 Å². The smallest absolute Gasteiger partial charge is 0.245 e. The Bertz CT molecular complexity index is 471. The number of carbonyl (C=O) groups is 1. The first-order valence-electron chi connectivity index (χ1n) is 4.80. The van der Waals surface area contributed by atoms with Crippen molar-refractivity contribution in [2.24, 2.45) is 0 Å². The van der Waals surface area contributed by atoms with Gasteiger partial charge in [0.15, 0.2) is 12.5 Å². The number of carbonyl (C=O) groups excluding carboxylic acids is 1. The van der Waals surface area contributed by atoms with Gasteiger partial charge in [-0.15, -0.1) is 0 Å². The summed E-state index contributed by atoms with van der Waals surface area (Å²) in [7, 11) is -3.62. The minimum atomic E-state index is -3.62. The van der Waals surface area contributed by atoms with Crippen molar-refractivity contribution in [1.29, 1.82) is 0 Å². The quantitative estimate of drug-likeness (QED) is 0.711. The van der Waals surface area contributed by atoms with E-state index in [2.05, 4.69) is 0 Å². The molecule has 0 amide bonds. The Morgan fingerprint density at radius 1 is 1.31 bits per heavy atom. The van der Waals surface area contributed by atoms with Crippen molar-refractivity contribution >= 4 is 16.3 Å². The lowest BCUT2D eigenvalue weighted by atomic mass is 10.4. The lowest BCUT2D eigenvalue weighted by molar-refractivity contribution is -0.118. The van der Waals surface area contributed by atoms with Gasteiger partial charge >= 0.3 is 0 Å². The summed E-state index contributed by atoms with van der Waals surface area (Å²) in [4.78, 5) is 10.8. The van der Waals surface area contributed by atoms with Crippen LogP contribution >= 0.6 is 0 Å². The topological polar surface area (TPSA) is 63.7 Å². The largest absolute Gasteiger partial charge is 0.354 e. The van der Waals surface area contributed by atoms with Crippen LogP contribution in [0.4, 0.5) is 0 Å². The summed E-state index contributed by atoms with van der Waals surface area (Å²) in [5, 5.41) is 0. The van der Waals surface area contributed by atoms with E-state index in [0.29, 0.717) is 6.29 Å². The molecule has 1 aromatic carbocycles. The van der Waals surface area contributed by atoms with Crippen LogP contribution in [0.5, 0.6) is 0 Å². The van der Waals surface area contributed by atoms with E-state index in [-0.39, 0.29) is 18.0 Å². The van der Waals surface area contributed by atoms with Crippen LogP contribution in [0.15, 0.2) is 35.2 Å². The second-order valence-corrected chi connectivity index (χ2v) is 5.22. The molecule has 0 aliphatic carbocycles. The maximum atomic E-state index is 12.1. The first kappa shape index (κ1) is 11.3. The highest BCUT2D eigenvalue weighted by molar-refractivity contribution is 7.89. The first-order valence-corrected chi connectivity index (χ1v) is 6.24. The molecule has 0 radical (unpaired) electrons. The van der Waals surface area contributed by atoms with Gasteiger partial charge < -0.3 is 4.74 Å². The molecule has 1 aromatic rings. The third kappa shape index (κ3) is 1.87. The number of nitrogens with zero attached hydrogens (tertiary/aromatic N) is 1. The van der Waals surface area contributed by atoms with Crippen LogP contribution in [-0.2, 0) is 19.6 Å². The molecule has 1 saturated heterocycles. The van der Waals surface area contributed by atoms with Crippen molar-refractivity contribution in [3.8, 4) is 0 Å². The zero-order valence-electron chi connectivity index (χ0n) is 8.44. The number of hydrogen-bond donors (Lipinski definition) is 0. The predicted molar refractivity (Wildman–Crippen MR) is 56.1 cm³/mol. The molecule has 0 bridgehead atoms. The SMILES string of the molecule is O=CC1OCCN1S(=O)(=O)c1ccccc1. The zero-order chi connectivity index (χ0) is 11.6. The summed E-state index contributed by atoms with van der Waals surface area (Å²) in [6.45, 7) is 0.454. The van der Waals surface area contributed by atoms with Crippen LogP contribution in [0.2, 0.25) is 0 Å². The highest BCUT2D eigenvalue weighted by Crippen LogP contribution is 2.20. The first-order chi connectivity index (χ1) is 7.66. The van der Waals surface area contributed by atoms with E-state index >= 15 is 0 Å². The molecule has 1 aliphatic heterocycles. The highest BCUT2D eigenvalue weighted by atomic mass is 32.2. The summed E-state index contributed by atoms with van der Waals surface area (Å²) < 4.78 is 30.2. The number of benzene rings is 1. The van der Waals surface area contributed by atoms with E-state index in [1.807, 2.05) is 0 Å². The molecule has 1 aliphatic rings. The molecule has 1 unspecified atom stereocenters. The molecule has 0 N–H and O–H groups in total. The Hall–Kier alpha value is -1.24. The minimum Gasteiger partial charge on any atom is -0.354 e. The van der Waals surface area contributed by atoms with Gasteiger partial charge in [-0.3, -0.25) is 4.79 Å². The van der Waals surface area contributed by atoms with Crippen molar-refractivity contribution in [3.05, 3.63) is 30.3 Å². The van der Waals surface area contributed by atoms with Gasteiger partial charge in [0.2, 0.25) is 10.0 Å². The van der Waals surface area contributed by atoms with Gasteiger partial charge in [-0.05, 0) is 12.1 Å². The Balaban J connectivity index is 2.36. The molecular formula is C10H11NO4S. The number of hydrogen-bond acceptors (Lipinski definition) is 4. The van der Waals surface area contributed by atoms with Crippen LogP contribution < -0.4 is 0 Å². The van der Waals surface area contributed by atoms with Gasteiger partial charge in [-0.25, -0.2) is 8.42 Å². The van der Waals surface area contributed by atoms with Crippen molar-refractivity contribution in [1.82, 2.24) is 4.31 Å². The van der Waals surface area contributed by atoms with Gasteiger partial charge in [0.1, 0.15) is 0 Å². The average molecular weight is 241 g/mol. The van der Waals surface area contributed by atoms with E-state index in [0.717, 1.165) is 4.31 Å². The van der Waals surface area contributed by atoms with E-state index in [1.165, 1.54) is 12.1 Å². The minimum absolute atomic E-state index is 0.173. The Morgan fingerprint density at radius 3 is 2.62 bits per heavy atom. The van der Waals surface area contributed by atoms with Crippen LogP contribution in [0.1, 0.15) is 0 Å². The Morgan fingerprint density at radius 2 is 2.00 bits per heavy atom. The standard InChI is InChI=1S/C10H11NO4S/c12-8-10-11(6-7-15-10)16(13,14)9-4-2-1-3-5-9/h1-5,8,10H,6-7H2. The number of aldehydes is 1. The molecule has 1 heterocycles. The van der Waals surface area contributed by atoms with Crippen LogP contribution in [0.3, 0.4) is 0 Å². The van der Waals surface area contributed by atoms with Crippen molar-refractivity contribution in [2.75, 3.05) is 13.2 Å². The summed E-state index contributed by atoms with van der Waals surface area (Å²) in [6, 6.07) is 8.00. The normalized spacial score (nSPS) is 22.1. The lowest BCUT2D eigenvalue weighted by Gasteiger charge is -2.18. The number of rotatable bonds is 3. The predicted octanol–water partition coefficient (Wildman–Crippen LogP) is 0.232. The van der Waals surface area contributed by atoms with E-state index in [1.54, 1.807) is 18.2 Å². The van der Waals surface area contributed by atoms with Gasteiger partial charge in [0.05, 0.1) is 11.5 Å². The molecule has 1 fully saturated rings. The fourth-order valence-electron chi connectivity index (χ4n) is 1.57. The maximum absolute atomic E-state index is 12.1. The highest BCUT2D eigenvalue weighted by Gasteiger charge is 2.35. The van der Waals surface area contributed by atoms with E-state index in [9.17, 15) is 13.2 Å². The maximum Gasteiger partial charge on any atom is 0.245 e. The number of sulfonamides is 1. The van der Waals surface area contributed by atoms with Crippen molar-refractivity contribution in [2.45, 2.75) is 11.1 Å². The molecule has 6 heteroatoms. The number of ether oxygens (including phenoxy) is 1. The van der Waals surface area contributed by atoms with Gasteiger partial charge in [-0.1, -0.05) is 18.2 Å². The summed E-state index contributed by atoms with van der Waals surface area (Å²) in [6.07, 6.45) is -0.502. The van der Waals surface area contributed by atoms with Gasteiger partial charge in [0, 0.05) is 6.54 Å². The molecule has 1 atom stereocenters. The van der Waals surface area contributed by atoms with E-state index in [4.69, 9.17) is 4.74 Å². The third-order valence-corrected chi connectivity index (χ3v) is 4.23. The molecule has 2 rings (SSSR count). The Labute approximate surface area is 93.7 Å². The second-order valence-electron chi connectivity index (χ2n) is 3.33. The molecule has 0 saturated carbocycles. The molecule has 86 valence electrons. The summed E-state index contributed by atoms with van der Waals surface area (Å²) in [5.41, 5.74) is 0. The van der Waals surface area contributed by atoms with E-state index < -0.39 is 16.3 Å². The second kappa shape index (κ2) is 4.32. The van der Waals surface area contributed by atoms with Crippen LogP contribution in [0.25, 0.3) is 0 Å². The summed E-state index contributed by atoms with van der Waals surface area (Å²) >= 11 is 0.